The van der Waals surface area contributed by atoms with Crippen molar-refractivity contribution < 1.29 is 9.53 Å². The first-order chi connectivity index (χ1) is 10.2. The van der Waals surface area contributed by atoms with Gasteiger partial charge in [-0.3, -0.25) is 4.79 Å². The summed E-state index contributed by atoms with van der Waals surface area (Å²) in [6.45, 7) is 8.42. The number of Topliss-reactive ketones (excluding diaryl/α,β-unsaturated/α-hetero) is 1. The molecule has 1 fully saturated rings. The second kappa shape index (κ2) is 8.18. The van der Waals surface area contributed by atoms with Gasteiger partial charge in [-0.1, -0.05) is 26.0 Å². The summed E-state index contributed by atoms with van der Waals surface area (Å²) in [5, 5.41) is 0. The Labute approximate surface area is 128 Å². The molecule has 0 saturated carbocycles. The first-order valence-corrected chi connectivity index (χ1v) is 8.18. The van der Waals surface area contributed by atoms with E-state index < -0.39 is 0 Å². The van der Waals surface area contributed by atoms with Crippen molar-refractivity contribution in [3.8, 4) is 5.75 Å². The second-order valence-corrected chi connectivity index (χ2v) is 6.00. The number of para-hydroxylation sites is 1. The lowest BCUT2D eigenvalue weighted by atomic mass is 9.99. The highest BCUT2D eigenvalue weighted by Gasteiger charge is 2.15. The Morgan fingerprint density at radius 3 is 2.71 bits per heavy atom. The van der Waals surface area contributed by atoms with Gasteiger partial charge in [0.05, 0.1) is 12.2 Å². The summed E-state index contributed by atoms with van der Waals surface area (Å²) < 4.78 is 5.82. The molecule has 1 saturated heterocycles. The molecule has 0 unspecified atom stereocenters. The molecule has 0 spiro atoms. The zero-order chi connectivity index (χ0) is 15.1. The number of hydrogen-bond donors (Lipinski definition) is 0. The van der Waals surface area contributed by atoms with Crippen LogP contribution in [-0.2, 0) is 0 Å². The highest BCUT2D eigenvalue weighted by atomic mass is 16.5. The lowest BCUT2D eigenvalue weighted by molar-refractivity contribution is 0.0983. The summed E-state index contributed by atoms with van der Waals surface area (Å²) in [4.78, 5) is 14.4. The van der Waals surface area contributed by atoms with Crippen LogP contribution in [0.2, 0.25) is 0 Å². The van der Waals surface area contributed by atoms with Crippen molar-refractivity contribution in [1.29, 1.82) is 0 Å². The fourth-order valence-corrected chi connectivity index (χ4v) is 2.77. The molecule has 0 aromatic heterocycles. The molecule has 1 aliphatic rings. The van der Waals surface area contributed by atoms with E-state index >= 15 is 0 Å². The summed E-state index contributed by atoms with van der Waals surface area (Å²) >= 11 is 0. The normalized spacial score (nSPS) is 16.9. The zero-order valence-corrected chi connectivity index (χ0v) is 13.3. The van der Waals surface area contributed by atoms with Gasteiger partial charge in [-0.2, -0.15) is 0 Å². The molecule has 0 N–H and O–H groups in total. The van der Waals surface area contributed by atoms with Gasteiger partial charge >= 0.3 is 0 Å². The van der Waals surface area contributed by atoms with Crippen LogP contribution in [0, 0.1) is 5.92 Å². The van der Waals surface area contributed by atoms with Gasteiger partial charge in [0.2, 0.25) is 0 Å². The maximum Gasteiger partial charge on any atom is 0.166 e. The second-order valence-electron chi connectivity index (χ2n) is 6.00. The van der Waals surface area contributed by atoms with Crippen LogP contribution >= 0.6 is 0 Å². The molecular weight excluding hydrogens is 262 g/mol. The van der Waals surface area contributed by atoms with E-state index in [1.807, 2.05) is 31.2 Å². The Hall–Kier alpha value is -1.35. The third-order valence-electron chi connectivity index (χ3n) is 4.26. The van der Waals surface area contributed by atoms with Crippen LogP contribution in [0.15, 0.2) is 24.3 Å². The van der Waals surface area contributed by atoms with E-state index in [0.29, 0.717) is 18.6 Å². The first kappa shape index (κ1) is 16.0. The molecule has 2 rings (SSSR count). The number of benzene rings is 1. The number of ketones is 1. The minimum atomic E-state index is 0.149. The summed E-state index contributed by atoms with van der Waals surface area (Å²) in [6, 6.07) is 7.57. The van der Waals surface area contributed by atoms with Crippen molar-refractivity contribution in [2.75, 3.05) is 26.2 Å². The molecule has 0 bridgehead atoms. The van der Waals surface area contributed by atoms with Gasteiger partial charge in [0, 0.05) is 13.0 Å². The number of rotatable bonds is 7. The maximum absolute atomic E-state index is 11.9. The van der Waals surface area contributed by atoms with Crippen LogP contribution < -0.4 is 4.74 Å². The zero-order valence-electron chi connectivity index (χ0n) is 13.3. The predicted molar refractivity (Wildman–Crippen MR) is 86.0 cm³/mol. The van der Waals surface area contributed by atoms with Crippen molar-refractivity contribution in [3.05, 3.63) is 29.8 Å². The number of carbonyl (C=O) groups is 1. The van der Waals surface area contributed by atoms with Crippen molar-refractivity contribution in [1.82, 2.24) is 4.90 Å². The van der Waals surface area contributed by atoms with Gasteiger partial charge < -0.3 is 9.64 Å². The number of nitrogens with zero attached hydrogens (tertiary/aromatic N) is 1. The Kier molecular flexibility index (Phi) is 6.24. The number of ether oxygens (including phenoxy) is 1. The fourth-order valence-electron chi connectivity index (χ4n) is 2.77. The molecule has 1 aliphatic heterocycles. The number of piperidine rings is 1. The van der Waals surface area contributed by atoms with E-state index in [9.17, 15) is 4.79 Å². The van der Waals surface area contributed by atoms with E-state index in [-0.39, 0.29) is 5.78 Å². The van der Waals surface area contributed by atoms with Gasteiger partial charge in [-0.25, -0.2) is 0 Å². The van der Waals surface area contributed by atoms with Crippen LogP contribution in [0.5, 0.6) is 5.75 Å². The fraction of sp³-hybridized carbons (Fsp3) is 0.611. The molecule has 3 nitrogen and oxygen atoms in total. The predicted octanol–water partition coefficient (Wildman–Crippen LogP) is 3.78. The number of carbonyl (C=O) groups excluding carboxylic acids is 1. The average Bonchev–Trinajstić information content (AvgIpc) is 2.53. The van der Waals surface area contributed by atoms with Gasteiger partial charge in [-0.15, -0.1) is 0 Å². The van der Waals surface area contributed by atoms with Crippen molar-refractivity contribution >= 4 is 5.78 Å². The van der Waals surface area contributed by atoms with Crippen LogP contribution in [0.4, 0.5) is 0 Å². The summed E-state index contributed by atoms with van der Waals surface area (Å²) in [6.07, 6.45) is 4.17. The van der Waals surface area contributed by atoms with E-state index in [0.717, 1.165) is 24.6 Å². The molecule has 0 atom stereocenters. The van der Waals surface area contributed by atoms with Crippen LogP contribution in [0.25, 0.3) is 0 Å². The molecule has 1 heterocycles. The third-order valence-corrected chi connectivity index (χ3v) is 4.26. The van der Waals surface area contributed by atoms with Crippen molar-refractivity contribution in [3.63, 3.8) is 0 Å². The number of hydrogen-bond acceptors (Lipinski definition) is 3. The van der Waals surface area contributed by atoms with E-state index in [1.165, 1.54) is 25.9 Å². The van der Waals surface area contributed by atoms with Gasteiger partial charge in [0.25, 0.3) is 0 Å². The Morgan fingerprint density at radius 2 is 2.00 bits per heavy atom. The third kappa shape index (κ3) is 4.85. The highest BCUT2D eigenvalue weighted by Crippen LogP contribution is 2.20. The first-order valence-electron chi connectivity index (χ1n) is 8.18. The molecule has 116 valence electrons. The number of likely N-dealkylation sites (tertiary alicyclic amines) is 1. The maximum atomic E-state index is 11.9. The van der Waals surface area contributed by atoms with E-state index in [2.05, 4.69) is 11.8 Å². The molecule has 1 aromatic rings. The van der Waals surface area contributed by atoms with Gasteiger partial charge in [0.1, 0.15) is 5.75 Å². The van der Waals surface area contributed by atoms with Crippen molar-refractivity contribution in [2.45, 2.75) is 39.5 Å². The lowest BCUT2D eigenvalue weighted by Gasteiger charge is -2.30. The average molecular weight is 289 g/mol. The Balaban J connectivity index is 1.75. The molecular formula is C18H27NO2. The van der Waals surface area contributed by atoms with E-state index in [4.69, 9.17) is 4.74 Å². The Bertz CT molecular complexity index is 450. The topological polar surface area (TPSA) is 29.5 Å². The largest absolute Gasteiger partial charge is 0.493 e. The molecule has 1 aromatic carbocycles. The lowest BCUT2D eigenvalue weighted by Crippen LogP contribution is -2.34. The summed E-state index contributed by atoms with van der Waals surface area (Å²) in [5.41, 5.74) is 0.715. The van der Waals surface area contributed by atoms with Crippen LogP contribution in [0.3, 0.4) is 0 Å². The van der Waals surface area contributed by atoms with Crippen LogP contribution in [0.1, 0.15) is 49.9 Å². The van der Waals surface area contributed by atoms with Crippen LogP contribution in [-0.4, -0.2) is 36.9 Å². The minimum absolute atomic E-state index is 0.149. The molecule has 0 aliphatic carbocycles. The summed E-state index contributed by atoms with van der Waals surface area (Å²) in [5.74, 6) is 1.76. The monoisotopic (exact) mass is 289 g/mol. The molecule has 0 radical (unpaired) electrons. The minimum Gasteiger partial charge on any atom is -0.493 e. The van der Waals surface area contributed by atoms with Crippen molar-refractivity contribution in [2.24, 2.45) is 5.92 Å². The SMILES string of the molecule is CCC(=O)c1ccccc1OCCCN1CCC(C)CC1. The molecule has 3 heteroatoms. The summed E-state index contributed by atoms with van der Waals surface area (Å²) in [7, 11) is 0. The quantitative estimate of drug-likeness (QED) is 0.565. The van der Waals surface area contributed by atoms with Gasteiger partial charge in [0.15, 0.2) is 5.78 Å². The standard InChI is InChI=1S/C18H27NO2/c1-3-17(20)16-7-4-5-8-18(16)21-14-6-11-19-12-9-15(2)10-13-19/h4-5,7-8,15H,3,6,9-14H2,1-2H3. The molecule has 0 amide bonds. The Morgan fingerprint density at radius 1 is 1.29 bits per heavy atom. The van der Waals surface area contributed by atoms with E-state index in [1.54, 1.807) is 0 Å². The highest BCUT2D eigenvalue weighted by molar-refractivity contribution is 5.98. The molecule has 21 heavy (non-hydrogen) atoms. The smallest absolute Gasteiger partial charge is 0.166 e. The van der Waals surface area contributed by atoms with Gasteiger partial charge in [-0.05, 0) is 50.4 Å².